The summed E-state index contributed by atoms with van der Waals surface area (Å²) in [6, 6.07) is 7.76. The fourth-order valence-corrected chi connectivity index (χ4v) is 1.86. The van der Waals surface area contributed by atoms with E-state index in [1.165, 1.54) is 0 Å². The summed E-state index contributed by atoms with van der Waals surface area (Å²) >= 11 is 3.42. The topological polar surface area (TPSA) is 55.1 Å². The quantitative estimate of drug-likeness (QED) is 0.898. The van der Waals surface area contributed by atoms with E-state index in [0.29, 0.717) is 0 Å². The SMILES string of the molecule is CC(N)C(C)C(=O)N[C@@H](C)c1cccc(Br)c1. The molecule has 0 aromatic heterocycles. The van der Waals surface area contributed by atoms with Gasteiger partial charge in [-0.2, -0.15) is 0 Å². The Labute approximate surface area is 111 Å². The van der Waals surface area contributed by atoms with Crippen LogP contribution in [0, 0.1) is 5.92 Å². The number of rotatable bonds is 4. The lowest BCUT2D eigenvalue weighted by atomic mass is 10.0. The molecule has 3 atom stereocenters. The molecule has 0 heterocycles. The molecule has 0 radical (unpaired) electrons. The molecule has 0 fully saturated rings. The van der Waals surface area contributed by atoms with Gasteiger partial charge in [0.05, 0.1) is 6.04 Å². The summed E-state index contributed by atoms with van der Waals surface area (Å²) in [4.78, 5) is 11.9. The molecule has 3 N–H and O–H groups in total. The molecule has 0 bridgehead atoms. The van der Waals surface area contributed by atoms with E-state index < -0.39 is 0 Å². The highest BCUT2D eigenvalue weighted by atomic mass is 79.9. The fraction of sp³-hybridized carbons (Fsp3) is 0.462. The maximum absolute atomic E-state index is 11.9. The summed E-state index contributed by atoms with van der Waals surface area (Å²) in [7, 11) is 0. The van der Waals surface area contributed by atoms with Crippen molar-refractivity contribution < 1.29 is 4.79 Å². The van der Waals surface area contributed by atoms with Gasteiger partial charge in [-0.1, -0.05) is 35.0 Å². The number of halogens is 1. The molecule has 1 amide bonds. The van der Waals surface area contributed by atoms with Gasteiger partial charge in [-0.25, -0.2) is 0 Å². The Morgan fingerprint density at radius 3 is 2.53 bits per heavy atom. The van der Waals surface area contributed by atoms with Crippen LogP contribution in [-0.4, -0.2) is 11.9 Å². The Kier molecular flexibility index (Phi) is 5.15. The van der Waals surface area contributed by atoms with Crippen molar-refractivity contribution in [3.63, 3.8) is 0 Å². The van der Waals surface area contributed by atoms with Crippen LogP contribution in [0.2, 0.25) is 0 Å². The van der Waals surface area contributed by atoms with Crippen molar-refractivity contribution in [2.45, 2.75) is 32.9 Å². The molecule has 17 heavy (non-hydrogen) atoms. The molecule has 2 unspecified atom stereocenters. The van der Waals surface area contributed by atoms with Gasteiger partial charge in [-0.3, -0.25) is 4.79 Å². The van der Waals surface area contributed by atoms with Gasteiger partial charge in [0, 0.05) is 16.4 Å². The smallest absolute Gasteiger partial charge is 0.224 e. The fourth-order valence-electron chi connectivity index (χ4n) is 1.44. The highest BCUT2D eigenvalue weighted by molar-refractivity contribution is 9.10. The van der Waals surface area contributed by atoms with Crippen molar-refractivity contribution in [3.05, 3.63) is 34.3 Å². The van der Waals surface area contributed by atoms with E-state index in [-0.39, 0.29) is 23.9 Å². The summed E-state index contributed by atoms with van der Waals surface area (Å²) < 4.78 is 1.01. The lowest BCUT2D eigenvalue weighted by Crippen LogP contribution is -2.39. The second-order valence-corrected chi connectivity index (χ2v) is 5.35. The lowest BCUT2D eigenvalue weighted by Gasteiger charge is -2.20. The molecule has 0 aliphatic heterocycles. The van der Waals surface area contributed by atoms with Crippen LogP contribution in [0.15, 0.2) is 28.7 Å². The zero-order valence-corrected chi connectivity index (χ0v) is 12.0. The van der Waals surface area contributed by atoms with Crippen LogP contribution in [0.25, 0.3) is 0 Å². The first-order chi connectivity index (χ1) is 7.91. The Bertz CT molecular complexity index is 393. The number of amides is 1. The third-order valence-corrected chi connectivity index (χ3v) is 3.40. The number of nitrogens with one attached hydrogen (secondary N) is 1. The van der Waals surface area contributed by atoms with E-state index in [1.54, 1.807) is 0 Å². The van der Waals surface area contributed by atoms with Crippen molar-refractivity contribution in [2.75, 3.05) is 0 Å². The van der Waals surface area contributed by atoms with Gasteiger partial charge in [-0.05, 0) is 31.5 Å². The minimum absolute atomic E-state index is 0.00697. The molecule has 0 saturated carbocycles. The van der Waals surface area contributed by atoms with Crippen LogP contribution in [0.3, 0.4) is 0 Å². The summed E-state index contributed by atoms with van der Waals surface area (Å²) in [5, 5.41) is 2.96. The van der Waals surface area contributed by atoms with Crippen LogP contribution in [0.4, 0.5) is 0 Å². The number of hydrogen-bond donors (Lipinski definition) is 2. The van der Waals surface area contributed by atoms with Crippen molar-refractivity contribution in [1.29, 1.82) is 0 Å². The van der Waals surface area contributed by atoms with Crippen LogP contribution in [0.5, 0.6) is 0 Å². The Hall–Kier alpha value is -0.870. The summed E-state index contributed by atoms with van der Waals surface area (Å²) in [5.74, 6) is -0.183. The first-order valence-electron chi connectivity index (χ1n) is 5.73. The predicted molar refractivity (Wildman–Crippen MR) is 73.5 cm³/mol. The Morgan fingerprint density at radius 1 is 1.35 bits per heavy atom. The van der Waals surface area contributed by atoms with Gasteiger partial charge in [0.25, 0.3) is 0 Å². The molecular weight excluding hydrogens is 280 g/mol. The van der Waals surface area contributed by atoms with Crippen molar-refractivity contribution in [2.24, 2.45) is 11.7 Å². The van der Waals surface area contributed by atoms with Crippen molar-refractivity contribution in [3.8, 4) is 0 Å². The second-order valence-electron chi connectivity index (χ2n) is 4.43. The minimum Gasteiger partial charge on any atom is -0.349 e. The van der Waals surface area contributed by atoms with Crippen LogP contribution in [-0.2, 0) is 4.79 Å². The maximum atomic E-state index is 11.9. The van der Waals surface area contributed by atoms with Gasteiger partial charge in [-0.15, -0.1) is 0 Å². The average molecular weight is 299 g/mol. The van der Waals surface area contributed by atoms with Crippen LogP contribution < -0.4 is 11.1 Å². The normalized spacial score (nSPS) is 16.1. The average Bonchev–Trinajstić information content (AvgIpc) is 2.27. The first-order valence-corrected chi connectivity index (χ1v) is 6.52. The Balaban J connectivity index is 2.66. The molecule has 3 nitrogen and oxygen atoms in total. The highest BCUT2D eigenvalue weighted by Gasteiger charge is 2.19. The van der Waals surface area contributed by atoms with Gasteiger partial charge in [0.1, 0.15) is 0 Å². The third kappa shape index (κ3) is 4.13. The molecule has 0 aliphatic rings. The zero-order chi connectivity index (χ0) is 13.0. The van der Waals surface area contributed by atoms with E-state index in [2.05, 4.69) is 21.2 Å². The molecule has 0 saturated heterocycles. The van der Waals surface area contributed by atoms with E-state index >= 15 is 0 Å². The lowest BCUT2D eigenvalue weighted by molar-refractivity contribution is -0.125. The van der Waals surface area contributed by atoms with Crippen molar-refractivity contribution in [1.82, 2.24) is 5.32 Å². The summed E-state index contributed by atoms with van der Waals surface area (Å²) in [6.07, 6.45) is 0. The number of carbonyl (C=O) groups excluding carboxylic acids is 1. The molecule has 0 aliphatic carbocycles. The van der Waals surface area contributed by atoms with Crippen molar-refractivity contribution >= 4 is 21.8 Å². The highest BCUT2D eigenvalue weighted by Crippen LogP contribution is 2.18. The number of nitrogens with two attached hydrogens (primary N) is 1. The molecule has 4 heteroatoms. The second kappa shape index (κ2) is 6.17. The molecular formula is C13H19BrN2O. The minimum atomic E-state index is -0.176. The standard InChI is InChI=1S/C13H19BrN2O/c1-8(9(2)15)13(17)16-10(3)11-5-4-6-12(14)7-11/h4-10H,15H2,1-3H3,(H,16,17)/t8?,9?,10-/m0/s1. The zero-order valence-electron chi connectivity index (χ0n) is 10.4. The van der Waals surface area contributed by atoms with E-state index in [0.717, 1.165) is 10.0 Å². The first kappa shape index (κ1) is 14.2. The largest absolute Gasteiger partial charge is 0.349 e. The van der Waals surface area contributed by atoms with Gasteiger partial charge < -0.3 is 11.1 Å². The molecule has 94 valence electrons. The molecule has 1 rings (SSSR count). The number of benzene rings is 1. The van der Waals surface area contributed by atoms with E-state index in [1.807, 2.05) is 45.0 Å². The van der Waals surface area contributed by atoms with E-state index in [9.17, 15) is 4.79 Å². The maximum Gasteiger partial charge on any atom is 0.224 e. The monoisotopic (exact) mass is 298 g/mol. The van der Waals surface area contributed by atoms with Gasteiger partial charge in [0.2, 0.25) is 5.91 Å². The third-order valence-electron chi connectivity index (χ3n) is 2.91. The summed E-state index contributed by atoms with van der Waals surface area (Å²) in [6.45, 7) is 5.65. The number of hydrogen-bond acceptors (Lipinski definition) is 2. The van der Waals surface area contributed by atoms with Gasteiger partial charge in [0.15, 0.2) is 0 Å². The van der Waals surface area contributed by atoms with Crippen LogP contribution >= 0.6 is 15.9 Å². The predicted octanol–water partition coefficient (Wildman–Crippen LogP) is 2.61. The number of carbonyl (C=O) groups is 1. The van der Waals surface area contributed by atoms with Gasteiger partial charge >= 0.3 is 0 Å². The Morgan fingerprint density at radius 2 is 2.00 bits per heavy atom. The molecule has 1 aromatic carbocycles. The van der Waals surface area contributed by atoms with E-state index in [4.69, 9.17) is 5.73 Å². The molecule has 1 aromatic rings. The molecule has 0 spiro atoms. The van der Waals surface area contributed by atoms with Crippen LogP contribution in [0.1, 0.15) is 32.4 Å². The summed E-state index contributed by atoms with van der Waals surface area (Å²) in [5.41, 5.74) is 6.78.